The first-order valence-corrected chi connectivity index (χ1v) is 6.75. The Morgan fingerprint density at radius 3 is 2.84 bits per heavy atom. The average molecular weight is 264 g/mol. The van der Waals surface area contributed by atoms with Gasteiger partial charge in [0.2, 0.25) is 0 Å². The minimum atomic E-state index is -0.381. The van der Waals surface area contributed by atoms with Crippen LogP contribution in [0.1, 0.15) is 31.7 Å². The topological polar surface area (TPSA) is 64.4 Å². The molecule has 0 spiro atoms. The van der Waals surface area contributed by atoms with Crippen molar-refractivity contribution in [1.29, 1.82) is 0 Å². The summed E-state index contributed by atoms with van der Waals surface area (Å²) in [5, 5.41) is 14.4. The van der Waals surface area contributed by atoms with Crippen LogP contribution in [0.4, 0.5) is 5.69 Å². The molecule has 0 saturated heterocycles. The normalized spacial score (nSPS) is 21.8. The molecule has 19 heavy (non-hydrogen) atoms. The van der Waals surface area contributed by atoms with Gasteiger partial charge in [-0.25, -0.2) is 0 Å². The molecule has 0 atom stereocenters. The maximum atomic E-state index is 11.0. The van der Waals surface area contributed by atoms with Gasteiger partial charge in [0.25, 0.3) is 0 Å². The Kier molecular flexibility index (Phi) is 4.37. The van der Waals surface area contributed by atoms with Crippen molar-refractivity contribution in [1.82, 2.24) is 5.32 Å². The van der Waals surface area contributed by atoms with Gasteiger partial charge < -0.3 is 10.1 Å². The fourth-order valence-corrected chi connectivity index (χ4v) is 2.28. The zero-order valence-corrected chi connectivity index (χ0v) is 11.4. The lowest BCUT2D eigenvalue weighted by atomic mass is 9.89. The Labute approximate surface area is 113 Å². The van der Waals surface area contributed by atoms with Crippen molar-refractivity contribution in [2.24, 2.45) is 0 Å². The van der Waals surface area contributed by atoms with Crippen LogP contribution >= 0.6 is 0 Å². The number of nitro groups is 1. The molecule has 0 aliphatic heterocycles. The minimum absolute atomic E-state index is 0.0602. The fourth-order valence-electron chi connectivity index (χ4n) is 2.28. The minimum Gasteiger partial charge on any atom is -0.483 e. The number of aryl methyl sites for hydroxylation is 1. The highest BCUT2D eigenvalue weighted by Crippen LogP contribution is 2.34. The molecule has 1 saturated carbocycles. The van der Waals surface area contributed by atoms with Gasteiger partial charge in [-0.15, -0.1) is 0 Å². The second kappa shape index (κ2) is 6.02. The molecule has 1 fully saturated rings. The number of ether oxygens (including phenoxy) is 1. The molecule has 1 N–H and O–H groups in total. The number of nitro benzene ring substituents is 1. The molecular formula is C14H20N2O3. The number of benzene rings is 1. The highest BCUT2D eigenvalue weighted by Gasteiger charge is 2.32. The van der Waals surface area contributed by atoms with Gasteiger partial charge >= 0.3 is 5.69 Å². The summed E-state index contributed by atoms with van der Waals surface area (Å²) in [4.78, 5) is 10.6. The molecular weight excluding hydrogens is 244 g/mol. The summed E-state index contributed by atoms with van der Waals surface area (Å²) in [7, 11) is 0. The third-order valence-corrected chi connectivity index (χ3v) is 3.45. The van der Waals surface area contributed by atoms with E-state index in [1.54, 1.807) is 6.07 Å². The van der Waals surface area contributed by atoms with Gasteiger partial charge in [0.1, 0.15) is 6.10 Å². The van der Waals surface area contributed by atoms with Crippen molar-refractivity contribution in [3.8, 4) is 5.75 Å². The lowest BCUT2D eigenvalue weighted by Crippen LogP contribution is -2.47. The van der Waals surface area contributed by atoms with Crippen LogP contribution < -0.4 is 10.1 Å². The Morgan fingerprint density at radius 2 is 2.21 bits per heavy atom. The summed E-state index contributed by atoms with van der Waals surface area (Å²) in [5.41, 5.74) is 0.879. The third-order valence-electron chi connectivity index (χ3n) is 3.45. The molecule has 0 amide bonds. The molecule has 1 aromatic rings. The molecule has 0 unspecified atom stereocenters. The van der Waals surface area contributed by atoms with E-state index in [0.717, 1.165) is 31.4 Å². The highest BCUT2D eigenvalue weighted by atomic mass is 16.6. The van der Waals surface area contributed by atoms with Crippen molar-refractivity contribution < 1.29 is 9.66 Å². The van der Waals surface area contributed by atoms with Crippen molar-refractivity contribution in [3.63, 3.8) is 0 Å². The molecule has 0 radical (unpaired) electrons. The predicted molar refractivity (Wildman–Crippen MR) is 73.6 cm³/mol. The molecule has 0 bridgehead atoms. The van der Waals surface area contributed by atoms with E-state index in [-0.39, 0.29) is 16.7 Å². The summed E-state index contributed by atoms with van der Waals surface area (Å²) in [6, 6.07) is 5.52. The van der Waals surface area contributed by atoms with Gasteiger partial charge in [0, 0.05) is 12.1 Å². The first kappa shape index (κ1) is 13.8. The third kappa shape index (κ3) is 3.23. The van der Waals surface area contributed by atoms with E-state index in [2.05, 4.69) is 12.2 Å². The summed E-state index contributed by atoms with van der Waals surface area (Å²) in [5.74, 6) is 0.423. The summed E-state index contributed by atoms with van der Waals surface area (Å²) in [6.07, 6.45) is 3.05. The highest BCUT2D eigenvalue weighted by molar-refractivity contribution is 5.51. The molecule has 5 nitrogen and oxygen atoms in total. The van der Waals surface area contributed by atoms with Crippen molar-refractivity contribution in [2.45, 2.75) is 45.3 Å². The number of nitrogens with zero attached hydrogens (tertiary/aromatic N) is 1. The van der Waals surface area contributed by atoms with Crippen LogP contribution in [0, 0.1) is 17.0 Å². The van der Waals surface area contributed by atoms with Crippen LogP contribution in [0.25, 0.3) is 0 Å². The van der Waals surface area contributed by atoms with Gasteiger partial charge in [-0.05, 0) is 38.3 Å². The van der Waals surface area contributed by atoms with Crippen LogP contribution in [0.2, 0.25) is 0 Å². The predicted octanol–water partition coefficient (Wildman–Crippen LogP) is 2.81. The van der Waals surface area contributed by atoms with Crippen LogP contribution in [0.15, 0.2) is 18.2 Å². The van der Waals surface area contributed by atoms with E-state index < -0.39 is 0 Å². The number of para-hydroxylation sites is 1. The van der Waals surface area contributed by atoms with Gasteiger partial charge in [-0.2, -0.15) is 0 Å². The van der Waals surface area contributed by atoms with E-state index >= 15 is 0 Å². The smallest absolute Gasteiger partial charge is 0.311 e. The quantitative estimate of drug-likeness (QED) is 0.634. The summed E-state index contributed by atoms with van der Waals surface area (Å²) in [6.45, 7) is 4.99. The fraction of sp³-hybridized carbons (Fsp3) is 0.571. The van der Waals surface area contributed by atoms with E-state index in [1.807, 2.05) is 13.0 Å². The van der Waals surface area contributed by atoms with E-state index in [4.69, 9.17) is 4.74 Å². The Hall–Kier alpha value is -1.62. The molecule has 1 aliphatic carbocycles. The van der Waals surface area contributed by atoms with Crippen molar-refractivity contribution >= 4 is 5.69 Å². The van der Waals surface area contributed by atoms with E-state index in [0.29, 0.717) is 11.8 Å². The van der Waals surface area contributed by atoms with Crippen molar-refractivity contribution in [2.75, 3.05) is 6.54 Å². The molecule has 5 heteroatoms. The van der Waals surface area contributed by atoms with E-state index in [1.165, 1.54) is 6.07 Å². The van der Waals surface area contributed by atoms with Crippen LogP contribution in [0.3, 0.4) is 0 Å². The van der Waals surface area contributed by atoms with Gasteiger partial charge in [0.05, 0.1) is 4.92 Å². The van der Waals surface area contributed by atoms with Gasteiger partial charge in [-0.3, -0.25) is 10.1 Å². The second-order valence-corrected chi connectivity index (χ2v) is 5.04. The number of nitrogens with one attached hydrogen (secondary N) is 1. The zero-order valence-electron chi connectivity index (χ0n) is 11.4. The molecule has 104 valence electrons. The van der Waals surface area contributed by atoms with Crippen LogP contribution in [-0.2, 0) is 0 Å². The monoisotopic (exact) mass is 264 g/mol. The van der Waals surface area contributed by atoms with Gasteiger partial charge in [0.15, 0.2) is 5.75 Å². The molecule has 1 aromatic carbocycles. The average Bonchev–Trinajstić information content (AvgIpc) is 2.33. The SMILES string of the molecule is CCCNC1CC(Oc2c(C)cccc2[N+](=O)[O-])C1. The first-order valence-electron chi connectivity index (χ1n) is 6.75. The molecule has 2 rings (SSSR count). The number of rotatable bonds is 6. The lowest BCUT2D eigenvalue weighted by molar-refractivity contribution is -0.386. The second-order valence-electron chi connectivity index (χ2n) is 5.04. The van der Waals surface area contributed by atoms with Crippen LogP contribution in [-0.4, -0.2) is 23.6 Å². The molecule has 0 aromatic heterocycles. The summed E-state index contributed by atoms with van der Waals surface area (Å²) < 4.78 is 5.80. The largest absolute Gasteiger partial charge is 0.483 e. The standard InChI is InChI=1S/C14H20N2O3/c1-3-7-15-11-8-12(9-11)19-14-10(2)5-4-6-13(14)16(17)18/h4-6,11-12,15H,3,7-9H2,1-2H3. The lowest BCUT2D eigenvalue weighted by Gasteiger charge is -2.36. The van der Waals surface area contributed by atoms with E-state index in [9.17, 15) is 10.1 Å². The maximum absolute atomic E-state index is 11.0. The summed E-state index contributed by atoms with van der Waals surface area (Å²) >= 11 is 0. The molecule has 0 heterocycles. The number of hydrogen-bond acceptors (Lipinski definition) is 4. The zero-order chi connectivity index (χ0) is 13.8. The Morgan fingerprint density at radius 1 is 1.47 bits per heavy atom. The maximum Gasteiger partial charge on any atom is 0.311 e. The molecule has 1 aliphatic rings. The van der Waals surface area contributed by atoms with Crippen LogP contribution in [0.5, 0.6) is 5.75 Å². The Balaban J connectivity index is 1.96. The van der Waals surface area contributed by atoms with Crippen molar-refractivity contribution in [3.05, 3.63) is 33.9 Å². The first-order chi connectivity index (χ1) is 9.11. The number of hydrogen-bond donors (Lipinski definition) is 1. The van der Waals surface area contributed by atoms with Gasteiger partial charge in [-0.1, -0.05) is 19.1 Å². The Bertz CT molecular complexity index is 456.